The maximum atomic E-state index is 11.9. The number of carbonyl (C=O) groups is 1. The molecule has 23 heavy (non-hydrogen) atoms. The predicted octanol–water partition coefficient (Wildman–Crippen LogP) is 3.61. The van der Waals surface area contributed by atoms with Crippen LogP contribution in [0.3, 0.4) is 0 Å². The number of para-hydroxylation sites is 2. The van der Waals surface area contributed by atoms with Crippen LogP contribution in [-0.4, -0.2) is 25.6 Å². The first-order chi connectivity index (χ1) is 11.2. The van der Waals surface area contributed by atoms with Crippen molar-refractivity contribution in [1.29, 1.82) is 0 Å². The quantitative estimate of drug-likeness (QED) is 0.829. The van der Waals surface area contributed by atoms with Crippen LogP contribution >= 0.6 is 0 Å². The number of aryl methyl sites for hydroxylation is 1. The van der Waals surface area contributed by atoms with Crippen LogP contribution in [0.5, 0.6) is 5.75 Å². The molecule has 1 fully saturated rings. The molecular weight excluding hydrogens is 288 g/mol. The van der Waals surface area contributed by atoms with Crippen LogP contribution in [0.2, 0.25) is 0 Å². The van der Waals surface area contributed by atoms with Crippen molar-refractivity contribution >= 4 is 17.3 Å². The fourth-order valence-corrected chi connectivity index (χ4v) is 2.75. The van der Waals surface area contributed by atoms with Gasteiger partial charge in [0.1, 0.15) is 12.4 Å². The summed E-state index contributed by atoms with van der Waals surface area (Å²) in [5.74, 6) is 1.08. The number of nitrogens with zero attached hydrogens (tertiary/aromatic N) is 1. The SMILES string of the molecule is Cc1ccc(OCCNc2ccccc2N2CCCC2=O)cc1. The molecule has 2 aromatic carbocycles. The van der Waals surface area contributed by atoms with Gasteiger partial charge in [0.25, 0.3) is 0 Å². The third-order valence-corrected chi connectivity index (χ3v) is 3.98. The summed E-state index contributed by atoms with van der Waals surface area (Å²) in [6, 6.07) is 16.0. The number of anilines is 2. The summed E-state index contributed by atoms with van der Waals surface area (Å²) < 4.78 is 5.73. The molecule has 1 aliphatic rings. The highest BCUT2D eigenvalue weighted by Crippen LogP contribution is 2.29. The number of rotatable bonds is 6. The lowest BCUT2D eigenvalue weighted by atomic mass is 10.2. The average Bonchev–Trinajstić information content (AvgIpc) is 2.99. The molecule has 1 amide bonds. The first-order valence-corrected chi connectivity index (χ1v) is 8.07. The van der Waals surface area contributed by atoms with Gasteiger partial charge in [-0.2, -0.15) is 0 Å². The lowest BCUT2D eigenvalue weighted by Crippen LogP contribution is -2.25. The first-order valence-electron chi connectivity index (χ1n) is 8.07. The lowest BCUT2D eigenvalue weighted by molar-refractivity contribution is -0.117. The number of nitrogens with one attached hydrogen (secondary N) is 1. The van der Waals surface area contributed by atoms with Crippen molar-refractivity contribution in [3.8, 4) is 5.75 Å². The van der Waals surface area contributed by atoms with Crippen LogP contribution in [0.4, 0.5) is 11.4 Å². The minimum absolute atomic E-state index is 0.204. The molecule has 1 N–H and O–H groups in total. The molecule has 0 radical (unpaired) electrons. The lowest BCUT2D eigenvalue weighted by Gasteiger charge is -2.20. The van der Waals surface area contributed by atoms with E-state index in [4.69, 9.17) is 4.74 Å². The third kappa shape index (κ3) is 3.83. The zero-order chi connectivity index (χ0) is 16.1. The second kappa shape index (κ2) is 7.18. The van der Waals surface area contributed by atoms with Gasteiger partial charge in [-0.05, 0) is 37.6 Å². The van der Waals surface area contributed by atoms with Crippen LogP contribution in [0.1, 0.15) is 18.4 Å². The molecule has 120 valence electrons. The normalized spacial score (nSPS) is 14.1. The average molecular weight is 310 g/mol. The van der Waals surface area contributed by atoms with Gasteiger partial charge < -0.3 is 15.0 Å². The Balaban J connectivity index is 1.56. The van der Waals surface area contributed by atoms with E-state index in [-0.39, 0.29) is 5.91 Å². The van der Waals surface area contributed by atoms with Crippen molar-refractivity contribution in [3.05, 3.63) is 54.1 Å². The van der Waals surface area contributed by atoms with Crippen molar-refractivity contribution in [3.63, 3.8) is 0 Å². The van der Waals surface area contributed by atoms with Gasteiger partial charge in [-0.3, -0.25) is 4.79 Å². The van der Waals surface area contributed by atoms with Crippen molar-refractivity contribution < 1.29 is 9.53 Å². The Morgan fingerprint density at radius 3 is 2.65 bits per heavy atom. The molecule has 0 bridgehead atoms. The van der Waals surface area contributed by atoms with Gasteiger partial charge in [0.2, 0.25) is 5.91 Å². The minimum atomic E-state index is 0.204. The number of ether oxygens (including phenoxy) is 1. The third-order valence-electron chi connectivity index (χ3n) is 3.98. The fraction of sp³-hybridized carbons (Fsp3) is 0.316. The minimum Gasteiger partial charge on any atom is -0.492 e. The number of carbonyl (C=O) groups excluding carboxylic acids is 1. The van der Waals surface area contributed by atoms with Gasteiger partial charge in [-0.1, -0.05) is 29.8 Å². The number of amides is 1. The fourth-order valence-electron chi connectivity index (χ4n) is 2.75. The maximum absolute atomic E-state index is 11.9. The van der Waals surface area contributed by atoms with E-state index >= 15 is 0 Å². The summed E-state index contributed by atoms with van der Waals surface area (Å²) in [6.45, 7) is 4.12. The zero-order valence-electron chi connectivity index (χ0n) is 13.4. The van der Waals surface area contributed by atoms with Crippen LogP contribution in [0.25, 0.3) is 0 Å². The van der Waals surface area contributed by atoms with Gasteiger partial charge >= 0.3 is 0 Å². The molecule has 0 unspecified atom stereocenters. The van der Waals surface area contributed by atoms with Crippen LogP contribution in [0, 0.1) is 6.92 Å². The van der Waals surface area contributed by atoms with Crippen LogP contribution in [0.15, 0.2) is 48.5 Å². The summed E-state index contributed by atoms with van der Waals surface area (Å²) in [6.07, 6.45) is 1.58. The molecule has 0 saturated carbocycles. The topological polar surface area (TPSA) is 41.6 Å². The molecule has 4 nitrogen and oxygen atoms in total. The summed E-state index contributed by atoms with van der Waals surface area (Å²) in [5, 5.41) is 3.37. The molecule has 0 aromatic heterocycles. The largest absolute Gasteiger partial charge is 0.492 e. The van der Waals surface area contributed by atoms with Crippen molar-refractivity contribution in [1.82, 2.24) is 0 Å². The molecule has 1 aliphatic heterocycles. The van der Waals surface area contributed by atoms with E-state index in [0.717, 1.165) is 30.1 Å². The maximum Gasteiger partial charge on any atom is 0.227 e. The summed E-state index contributed by atoms with van der Waals surface area (Å²) in [4.78, 5) is 13.8. The Labute approximate surface area is 137 Å². The van der Waals surface area contributed by atoms with Gasteiger partial charge in [0.15, 0.2) is 0 Å². The summed E-state index contributed by atoms with van der Waals surface area (Å²) in [5.41, 5.74) is 3.17. The van der Waals surface area contributed by atoms with Gasteiger partial charge in [-0.15, -0.1) is 0 Å². The Bertz CT molecular complexity index is 667. The van der Waals surface area contributed by atoms with Crippen molar-refractivity contribution in [2.75, 3.05) is 29.9 Å². The van der Waals surface area contributed by atoms with Gasteiger partial charge in [0.05, 0.1) is 11.4 Å². The van der Waals surface area contributed by atoms with Gasteiger partial charge in [-0.25, -0.2) is 0 Å². The molecule has 3 rings (SSSR count). The van der Waals surface area contributed by atoms with E-state index in [9.17, 15) is 4.79 Å². The molecule has 4 heteroatoms. The first kappa shape index (κ1) is 15.4. The van der Waals surface area contributed by atoms with E-state index in [2.05, 4.69) is 12.2 Å². The standard InChI is InChI=1S/C19H22N2O2/c1-15-8-10-16(11-9-15)23-14-12-20-17-5-2-3-6-18(17)21-13-4-7-19(21)22/h2-3,5-6,8-11,20H,4,7,12-14H2,1H3. The van der Waals surface area contributed by atoms with E-state index in [1.165, 1.54) is 5.56 Å². The molecule has 1 heterocycles. The predicted molar refractivity (Wildman–Crippen MR) is 93.2 cm³/mol. The van der Waals surface area contributed by atoms with Crippen molar-refractivity contribution in [2.45, 2.75) is 19.8 Å². The Kier molecular flexibility index (Phi) is 4.81. The van der Waals surface area contributed by atoms with Gasteiger partial charge in [0, 0.05) is 19.5 Å². The van der Waals surface area contributed by atoms with E-state index in [0.29, 0.717) is 19.6 Å². The molecular formula is C19H22N2O2. The highest BCUT2D eigenvalue weighted by atomic mass is 16.5. The number of benzene rings is 2. The number of hydrogen-bond donors (Lipinski definition) is 1. The smallest absolute Gasteiger partial charge is 0.227 e. The molecule has 2 aromatic rings. The second-order valence-electron chi connectivity index (χ2n) is 5.75. The molecule has 0 atom stereocenters. The van der Waals surface area contributed by atoms with E-state index < -0.39 is 0 Å². The zero-order valence-corrected chi connectivity index (χ0v) is 13.4. The van der Waals surface area contributed by atoms with Crippen LogP contribution in [-0.2, 0) is 4.79 Å². The highest BCUT2D eigenvalue weighted by molar-refractivity contribution is 5.98. The monoisotopic (exact) mass is 310 g/mol. The summed E-state index contributed by atoms with van der Waals surface area (Å²) >= 11 is 0. The Morgan fingerprint density at radius 2 is 1.91 bits per heavy atom. The van der Waals surface area contributed by atoms with E-state index in [1.807, 2.05) is 53.4 Å². The highest BCUT2D eigenvalue weighted by Gasteiger charge is 2.23. The number of hydrogen-bond acceptors (Lipinski definition) is 3. The second-order valence-corrected chi connectivity index (χ2v) is 5.75. The van der Waals surface area contributed by atoms with Crippen LogP contribution < -0.4 is 15.0 Å². The molecule has 0 spiro atoms. The van der Waals surface area contributed by atoms with Crippen molar-refractivity contribution in [2.24, 2.45) is 0 Å². The molecule has 0 aliphatic carbocycles. The Morgan fingerprint density at radius 1 is 1.13 bits per heavy atom. The molecule has 1 saturated heterocycles. The van der Waals surface area contributed by atoms with E-state index in [1.54, 1.807) is 0 Å². The Hall–Kier alpha value is -2.49. The summed E-state index contributed by atoms with van der Waals surface area (Å²) in [7, 11) is 0.